The molecule has 3 rings (SSSR count). The molecule has 1 atom stereocenters. The zero-order valence-corrected chi connectivity index (χ0v) is 13.5. The van der Waals surface area contributed by atoms with Crippen molar-refractivity contribution in [2.75, 3.05) is 13.6 Å². The molecular weight excluding hydrogens is 328 g/mol. The molecule has 0 saturated carbocycles. The summed E-state index contributed by atoms with van der Waals surface area (Å²) < 4.78 is 2.32. The Hall–Kier alpha value is -1.65. The van der Waals surface area contributed by atoms with Crippen LogP contribution in [-0.4, -0.2) is 23.1 Å². The molecular formula is C17H17BrN2O. The van der Waals surface area contributed by atoms with Gasteiger partial charge >= 0.3 is 0 Å². The third-order valence-corrected chi connectivity index (χ3v) is 4.43. The lowest BCUT2D eigenvalue weighted by Gasteiger charge is -2.30. The summed E-state index contributed by atoms with van der Waals surface area (Å²) in [4.78, 5) is 14.7. The molecule has 4 heteroatoms. The average Bonchev–Trinajstić information content (AvgIpc) is 2.51. The van der Waals surface area contributed by atoms with Gasteiger partial charge in [0.15, 0.2) is 0 Å². The molecule has 1 aliphatic heterocycles. The van der Waals surface area contributed by atoms with Crippen molar-refractivity contribution in [3.05, 3.63) is 75.1 Å². The maximum Gasteiger partial charge on any atom is 0.269 e. The molecule has 0 spiro atoms. The topological polar surface area (TPSA) is 25.2 Å². The molecule has 0 fully saturated rings. The van der Waals surface area contributed by atoms with Gasteiger partial charge in [-0.2, -0.15) is 0 Å². The van der Waals surface area contributed by atoms with Crippen molar-refractivity contribution in [2.24, 2.45) is 0 Å². The van der Waals surface area contributed by atoms with E-state index in [9.17, 15) is 4.79 Å². The zero-order chi connectivity index (χ0) is 14.8. The lowest BCUT2D eigenvalue weighted by atomic mass is 10.0. The largest absolute Gasteiger partial charge is 0.295 e. The van der Waals surface area contributed by atoms with Gasteiger partial charge in [0.05, 0.1) is 4.47 Å². The standard InChI is InChI=1S/C17H17BrN2O/c1-19-10-6-5-9-16(19)13-11-15(18)17(21)20(12-13)14-7-3-2-4-8-14/h2-8,11-12,16H,9-10H2,1H3. The summed E-state index contributed by atoms with van der Waals surface area (Å²) in [5, 5.41) is 0. The van der Waals surface area contributed by atoms with Crippen molar-refractivity contribution in [3.63, 3.8) is 0 Å². The van der Waals surface area contributed by atoms with Gasteiger partial charge in [0, 0.05) is 24.5 Å². The molecule has 1 aromatic carbocycles. The Kier molecular flexibility index (Phi) is 4.08. The summed E-state index contributed by atoms with van der Waals surface area (Å²) in [5.41, 5.74) is 2.01. The highest BCUT2D eigenvalue weighted by Crippen LogP contribution is 2.27. The lowest BCUT2D eigenvalue weighted by molar-refractivity contribution is 0.260. The minimum absolute atomic E-state index is 0.0287. The number of likely N-dealkylation sites (N-methyl/N-ethyl adjacent to an activating group) is 1. The van der Waals surface area contributed by atoms with E-state index in [4.69, 9.17) is 0 Å². The lowest BCUT2D eigenvalue weighted by Crippen LogP contribution is -2.29. The van der Waals surface area contributed by atoms with Gasteiger partial charge in [0.25, 0.3) is 5.56 Å². The minimum Gasteiger partial charge on any atom is -0.295 e. The molecule has 1 unspecified atom stereocenters. The van der Waals surface area contributed by atoms with Crippen molar-refractivity contribution in [1.82, 2.24) is 9.47 Å². The molecule has 2 aromatic rings. The normalized spacial score (nSPS) is 18.9. The highest BCUT2D eigenvalue weighted by atomic mass is 79.9. The van der Waals surface area contributed by atoms with Crippen LogP contribution < -0.4 is 5.56 Å². The Bertz CT molecular complexity index is 721. The van der Waals surface area contributed by atoms with Crippen LogP contribution in [0.4, 0.5) is 0 Å². The molecule has 0 aliphatic carbocycles. The van der Waals surface area contributed by atoms with Crippen LogP contribution in [0.1, 0.15) is 18.0 Å². The molecule has 1 aromatic heterocycles. The van der Waals surface area contributed by atoms with Crippen molar-refractivity contribution in [2.45, 2.75) is 12.5 Å². The van der Waals surface area contributed by atoms with Crippen LogP contribution in [0.15, 0.2) is 64.0 Å². The number of halogens is 1. The van der Waals surface area contributed by atoms with E-state index in [1.165, 1.54) is 0 Å². The number of rotatable bonds is 2. The average molecular weight is 345 g/mol. The zero-order valence-electron chi connectivity index (χ0n) is 11.9. The molecule has 0 saturated heterocycles. The second-order valence-electron chi connectivity index (χ2n) is 5.29. The molecule has 108 valence electrons. The summed E-state index contributed by atoms with van der Waals surface area (Å²) in [6.45, 7) is 0.937. The summed E-state index contributed by atoms with van der Waals surface area (Å²) >= 11 is 3.41. The van der Waals surface area contributed by atoms with E-state index in [0.29, 0.717) is 10.5 Å². The van der Waals surface area contributed by atoms with Crippen molar-refractivity contribution < 1.29 is 0 Å². The molecule has 0 N–H and O–H groups in total. The number of hydrogen-bond donors (Lipinski definition) is 0. The van der Waals surface area contributed by atoms with Crippen molar-refractivity contribution >= 4 is 15.9 Å². The van der Waals surface area contributed by atoms with Crippen LogP contribution in [0.3, 0.4) is 0 Å². The molecule has 0 radical (unpaired) electrons. The Morgan fingerprint density at radius 2 is 1.95 bits per heavy atom. The fourth-order valence-electron chi connectivity index (χ4n) is 2.69. The van der Waals surface area contributed by atoms with Gasteiger partial charge in [0.1, 0.15) is 0 Å². The maximum absolute atomic E-state index is 12.4. The van der Waals surface area contributed by atoms with Crippen LogP contribution in [0.5, 0.6) is 0 Å². The molecule has 3 nitrogen and oxygen atoms in total. The number of para-hydroxylation sites is 1. The van der Waals surface area contributed by atoms with Crippen LogP contribution >= 0.6 is 15.9 Å². The smallest absolute Gasteiger partial charge is 0.269 e. The van der Waals surface area contributed by atoms with Crippen LogP contribution in [0.2, 0.25) is 0 Å². The molecule has 1 aliphatic rings. The SMILES string of the molecule is CN1CC=CCC1c1cc(Br)c(=O)n(-c2ccccc2)c1. The van der Waals surface area contributed by atoms with E-state index in [1.807, 2.05) is 42.6 Å². The van der Waals surface area contributed by atoms with E-state index >= 15 is 0 Å². The molecule has 2 heterocycles. The highest BCUT2D eigenvalue weighted by Gasteiger charge is 2.20. The summed E-state index contributed by atoms with van der Waals surface area (Å²) in [7, 11) is 2.11. The van der Waals surface area contributed by atoms with Crippen molar-refractivity contribution in [3.8, 4) is 5.69 Å². The van der Waals surface area contributed by atoms with Crippen LogP contribution in [0.25, 0.3) is 5.69 Å². The molecule has 21 heavy (non-hydrogen) atoms. The Labute approximate surface area is 132 Å². The number of aromatic nitrogens is 1. The third-order valence-electron chi connectivity index (χ3n) is 3.87. The Morgan fingerprint density at radius 3 is 2.67 bits per heavy atom. The first-order chi connectivity index (χ1) is 10.2. The van der Waals surface area contributed by atoms with Gasteiger partial charge in [-0.05, 0) is 53.2 Å². The van der Waals surface area contributed by atoms with E-state index in [1.54, 1.807) is 4.57 Å². The second kappa shape index (κ2) is 6.00. The first kappa shape index (κ1) is 14.3. The van der Waals surface area contributed by atoms with Gasteiger partial charge in [-0.1, -0.05) is 30.4 Å². The summed E-state index contributed by atoms with van der Waals surface area (Å²) in [6, 6.07) is 12.0. The molecule has 0 bridgehead atoms. The maximum atomic E-state index is 12.4. The van der Waals surface area contributed by atoms with Gasteiger partial charge in [-0.25, -0.2) is 0 Å². The number of pyridine rings is 1. The Morgan fingerprint density at radius 1 is 1.19 bits per heavy atom. The van der Waals surface area contributed by atoms with Gasteiger partial charge in [-0.15, -0.1) is 0 Å². The van der Waals surface area contributed by atoms with Gasteiger partial charge in [-0.3, -0.25) is 14.3 Å². The summed E-state index contributed by atoms with van der Waals surface area (Å²) in [6.07, 6.45) is 7.31. The fourth-order valence-corrected chi connectivity index (χ4v) is 3.15. The first-order valence-corrected chi connectivity index (χ1v) is 7.79. The third kappa shape index (κ3) is 2.87. The second-order valence-corrected chi connectivity index (χ2v) is 6.15. The monoisotopic (exact) mass is 344 g/mol. The Balaban J connectivity index is 2.10. The van der Waals surface area contributed by atoms with Crippen LogP contribution in [-0.2, 0) is 0 Å². The van der Waals surface area contributed by atoms with E-state index in [0.717, 1.165) is 24.2 Å². The van der Waals surface area contributed by atoms with E-state index in [-0.39, 0.29) is 5.56 Å². The fraction of sp³-hybridized carbons (Fsp3) is 0.235. The van der Waals surface area contributed by atoms with E-state index < -0.39 is 0 Å². The predicted molar refractivity (Wildman–Crippen MR) is 88.9 cm³/mol. The quantitative estimate of drug-likeness (QED) is 0.778. The number of benzene rings is 1. The predicted octanol–water partition coefficient (Wildman–Crippen LogP) is 3.53. The number of nitrogens with zero attached hydrogens (tertiary/aromatic N) is 2. The van der Waals surface area contributed by atoms with E-state index in [2.05, 4.69) is 40.0 Å². The van der Waals surface area contributed by atoms with Gasteiger partial charge in [0.2, 0.25) is 0 Å². The van der Waals surface area contributed by atoms with Crippen LogP contribution in [0, 0.1) is 0 Å². The first-order valence-electron chi connectivity index (χ1n) is 6.99. The van der Waals surface area contributed by atoms with Crippen molar-refractivity contribution in [1.29, 1.82) is 0 Å². The number of hydrogen-bond acceptors (Lipinski definition) is 2. The highest BCUT2D eigenvalue weighted by molar-refractivity contribution is 9.10. The molecule has 0 amide bonds. The minimum atomic E-state index is -0.0287. The van der Waals surface area contributed by atoms with Gasteiger partial charge < -0.3 is 0 Å². The summed E-state index contributed by atoms with van der Waals surface area (Å²) in [5.74, 6) is 0.